The molecule has 0 saturated carbocycles. The zero-order valence-corrected chi connectivity index (χ0v) is 13.3. The smallest absolute Gasteiger partial charge is 0.246 e. The molecule has 114 valence electrons. The van der Waals surface area contributed by atoms with Crippen LogP contribution in [-0.4, -0.2) is 40.5 Å². The molecule has 21 heavy (non-hydrogen) atoms. The quantitative estimate of drug-likeness (QED) is 0.846. The van der Waals surface area contributed by atoms with Gasteiger partial charge in [-0.05, 0) is 12.3 Å². The maximum absolute atomic E-state index is 12.2. The molecule has 1 aliphatic heterocycles. The number of amides is 1. The topological polar surface area (TPSA) is 61.7 Å². The van der Waals surface area contributed by atoms with Crippen LogP contribution in [0.2, 0.25) is 0 Å². The van der Waals surface area contributed by atoms with Crippen molar-refractivity contribution in [1.29, 1.82) is 0 Å². The fourth-order valence-electron chi connectivity index (χ4n) is 2.29. The molecule has 1 amide bonds. The summed E-state index contributed by atoms with van der Waals surface area (Å²) in [5, 5.41) is 13.2. The van der Waals surface area contributed by atoms with E-state index < -0.39 is 0 Å². The lowest BCUT2D eigenvalue weighted by Gasteiger charge is -2.19. The van der Waals surface area contributed by atoms with Crippen molar-refractivity contribution in [3.05, 3.63) is 35.9 Å². The molecule has 1 aromatic rings. The summed E-state index contributed by atoms with van der Waals surface area (Å²) in [5.74, 6) is 1.01. The van der Waals surface area contributed by atoms with Gasteiger partial charge in [-0.15, -0.1) is 11.8 Å². The molecular weight excluding hydrogens is 284 g/mol. The molecule has 2 unspecified atom stereocenters. The van der Waals surface area contributed by atoms with E-state index in [9.17, 15) is 9.90 Å². The highest BCUT2D eigenvalue weighted by Gasteiger charge is 2.27. The van der Waals surface area contributed by atoms with Crippen molar-refractivity contribution in [3.63, 3.8) is 0 Å². The van der Waals surface area contributed by atoms with Crippen molar-refractivity contribution >= 4 is 22.7 Å². The van der Waals surface area contributed by atoms with E-state index in [1.807, 2.05) is 30.3 Å². The summed E-state index contributed by atoms with van der Waals surface area (Å²) in [6.07, 6.45) is 0.775. The van der Waals surface area contributed by atoms with E-state index in [0.29, 0.717) is 11.7 Å². The molecule has 0 aliphatic carbocycles. The van der Waals surface area contributed by atoms with Crippen LogP contribution in [0.1, 0.15) is 25.8 Å². The minimum atomic E-state index is -0.355. The van der Waals surface area contributed by atoms with E-state index in [1.165, 1.54) is 0 Å². The normalized spacial score (nSPS) is 19.4. The van der Waals surface area contributed by atoms with Crippen LogP contribution >= 0.6 is 11.8 Å². The maximum Gasteiger partial charge on any atom is 0.246 e. The Hall–Kier alpha value is -1.33. The zero-order valence-electron chi connectivity index (χ0n) is 12.5. The average Bonchev–Trinajstić information content (AvgIpc) is 2.97. The van der Waals surface area contributed by atoms with Gasteiger partial charge in [-0.3, -0.25) is 9.79 Å². The predicted octanol–water partition coefficient (Wildman–Crippen LogP) is 2.07. The molecule has 5 heteroatoms. The number of nitrogens with one attached hydrogen (secondary N) is 1. The van der Waals surface area contributed by atoms with Crippen molar-refractivity contribution in [2.75, 3.05) is 12.4 Å². The summed E-state index contributed by atoms with van der Waals surface area (Å²) < 4.78 is 0. The van der Waals surface area contributed by atoms with Crippen molar-refractivity contribution in [3.8, 4) is 0 Å². The van der Waals surface area contributed by atoms with Crippen molar-refractivity contribution in [1.82, 2.24) is 5.32 Å². The number of rotatable bonds is 6. The van der Waals surface area contributed by atoms with Crippen molar-refractivity contribution in [2.24, 2.45) is 10.9 Å². The third-order valence-electron chi connectivity index (χ3n) is 3.30. The third kappa shape index (κ3) is 4.58. The van der Waals surface area contributed by atoms with E-state index in [1.54, 1.807) is 11.8 Å². The van der Waals surface area contributed by atoms with Gasteiger partial charge in [0.05, 0.1) is 17.7 Å². The van der Waals surface area contributed by atoms with Gasteiger partial charge in [0.25, 0.3) is 0 Å². The van der Waals surface area contributed by atoms with Crippen LogP contribution in [-0.2, 0) is 4.79 Å². The second-order valence-corrected chi connectivity index (χ2v) is 6.65. The van der Waals surface area contributed by atoms with Gasteiger partial charge < -0.3 is 10.4 Å². The van der Waals surface area contributed by atoms with Gasteiger partial charge in [-0.1, -0.05) is 44.2 Å². The van der Waals surface area contributed by atoms with E-state index in [2.05, 4.69) is 24.2 Å². The van der Waals surface area contributed by atoms with Crippen LogP contribution in [0.4, 0.5) is 0 Å². The Morgan fingerprint density at radius 1 is 1.43 bits per heavy atom. The first kappa shape index (κ1) is 16.0. The summed E-state index contributed by atoms with van der Waals surface area (Å²) in [5.41, 5.74) is 1.05. The lowest BCUT2D eigenvalue weighted by Crippen LogP contribution is -2.43. The fraction of sp³-hybridized carbons (Fsp3) is 0.500. The molecule has 2 atom stereocenters. The lowest BCUT2D eigenvalue weighted by atomic mass is 10.0. The Balaban J connectivity index is 1.96. The standard InChI is InChI=1S/C16H22N2O2S/c1-11(2)8-13(9-19)17-15(20)14-10-21-16(18-14)12-6-4-3-5-7-12/h3-7,11,13-14,19H,8-10H2,1-2H3,(H,17,20). The first-order valence-electron chi connectivity index (χ1n) is 7.27. The Bertz CT molecular complexity index is 502. The van der Waals surface area contributed by atoms with Crippen LogP contribution in [0, 0.1) is 5.92 Å². The Morgan fingerprint density at radius 2 is 2.14 bits per heavy atom. The van der Waals surface area contributed by atoms with E-state index >= 15 is 0 Å². The molecule has 4 nitrogen and oxygen atoms in total. The molecule has 2 N–H and O–H groups in total. The molecule has 0 spiro atoms. The summed E-state index contributed by atoms with van der Waals surface area (Å²) in [7, 11) is 0. The van der Waals surface area contributed by atoms with Crippen molar-refractivity contribution in [2.45, 2.75) is 32.4 Å². The number of carbonyl (C=O) groups excluding carboxylic acids is 1. The molecule has 1 aromatic carbocycles. The van der Waals surface area contributed by atoms with Gasteiger partial charge in [-0.2, -0.15) is 0 Å². The molecule has 2 rings (SSSR count). The highest BCUT2D eigenvalue weighted by Crippen LogP contribution is 2.23. The van der Waals surface area contributed by atoms with Crippen molar-refractivity contribution < 1.29 is 9.90 Å². The van der Waals surface area contributed by atoms with Gasteiger partial charge in [0.1, 0.15) is 6.04 Å². The van der Waals surface area contributed by atoms with Gasteiger partial charge in [0.2, 0.25) is 5.91 Å². The molecular formula is C16H22N2O2S. The average molecular weight is 306 g/mol. The molecule has 1 heterocycles. The largest absolute Gasteiger partial charge is 0.394 e. The first-order valence-corrected chi connectivity index (χ1v) is 8.26. The number of carbonyl (C=O) groups is 1. The number of nitrogens with zero attached hydrogens (tertiary/aromatic N) is 1. The Morgan fingerprint density at radius 3 is 2.76 bits per heavy atom. The minimum Gasteiger partial charge on any atom is -0.394 e. The van der Waals surface area contributed by atoms with Crippen LogP contribution in [0.3, 0.4) is 0 Å². The predicted molar refractivity (Wildman–Crippen MR) is 87.7 cm³/mol. The number of hydrogen-bond donors (Lipinski definition) is 2. The highest BCUT2D eigenvalue weighted by molar-refractivity contribution is 8.14. The zero-order chi connectivity index (χ0) is 15.2. The third-order valence-corrected chi connectivity index (χ3v) is 4.39. The number of aliphatic hydroxyl groups is 1. The first-order chi connectivity index (χ1) is 10.1. The van der Waals surface area contributed by atoms with E-state index in [4.69, 9.17) is 0 Å². The second-order valence-electron chi connectivity index (χ2n) is 5.64. The lowest BCUT2D eigenvalue weighted by molar-refractivity contribution is -0.122. The van der Waals surface area contributed by atoms with Gasteiger partial charge >= 0.3 is 0 Å². The van der Waals surface area contributed by atoms with Crippen LogP contribution in [0.25, 0.3) is 0 Å². The number of thioether (sulfide) groups is 1. The minimum absolute atomic E-state index is 0.0287. The molecule has 0 saturated heterocycles. The SMILES string of the molecule is CC(C)CC(CO)NC(=O)C1CSC(c2ccccc2)=N1. The summed E-state index contributed by atoms with van der Waals surface area (Å²) in [6.45, 7) is 4.12. The number of hydrogen-bond acceptors (Lipinski definition) is 4. The molecule has 0 fully saturated rings. The summed E-state index contributed by atoms with van der Waals surface area (Å²) in [6, 6.07) is 9.37. The van der Waals surface area contributed by atoms with Gasteiger partial charge in [-0.25, -0.2) is 0 Å². The van der Waals surface area contributed by atoms with E-state index in [0.717, 1.165) is 17.0 Å². The second kappa shape index (κ2) is 7.61. The van der Waals surface area contributed by atoms with E-state index in [-0.39, 0.29) is 24.6 Å². The molecule has 1 aliphatic rings. The Labute approximate surface area is 130 Å². The maximum atomic E-state index is 12.2. The Kier molecular flexibility index (Phi) is 5.82. The van der Waals surface area contributed by atoms with Crippen LogP contribution < -0.4 is 5.32 Å². The number of aliphatic imine (C=N–C) groups is 1. The fourth-order valence-corrected chi connectivity index (χ4v) is 3.34. The summed E-state index contributed by atoms with van der Waals surface area (Å²) >= 11 is 1.61. The number of benzene rings is 1. The van der Waals surface area contributed by atoms with Gasteiger partial charge in [0.15, 0.2) is 0 Å². The molecule has 0 radical (unpaired) electrons. The monoisotopic (exact) mass is 306 g/mol. The van der Waals surface area contributed by atoms with Gasteiger partial charge in [0, 0.05) is 11.3 Å². The molecule has 0 aromatic heterocycles. The highest BCUT2D eigenvalue weighted by atomic mass is 32.2. The van der Waals surface area contributed by atoms with Crippen LogP contribution in [0.15, 0.2) is 35.3 Å². The van der Waals surface area contributed by atoms with Crippen LogP contribution in [0.5, 0.6) is 0 Å². The number of aliphatic hydroxyl groups excluding tert-OH is 1. The molecule has 0 bridgehead atoms. The summed E-state index contributed by atoms with van der Waals surface area (Å²) in [4.78, 5) is 16.7.